The molecule has 2 aromatic rings. The Labute approximate surface area is 128 Å². The summed E-state index contributed by atoms with van der Waals surface area (Å²) in [6, 6.07) is 11.1. The van der Waals surface area contributed by atoms with Crippen molar-refractivity contribution in [2.45, 2.75) is 13.5 Å². The third-order valence-corrected chi connectivity index (χ3v) is 3.07. The lowest BCUT2D eigenvalue weighted by atomic mass is 10.1. The molecule has 2 rings (SSSR count). The van der Waals surface area contributed by atoms with Gasteiger partial charge in [-0.3, -0.25) is 4.79 Å². The lowest BCUT2D eigenvalue weighted by Gasteiger charge is -2.11. The maximum atomic E-state index is 13.1. The smallest absolute Gasteiger partial charge is 0.251 e. The van der Waals surface area contributed by atoms with Gasteiger partial charge in [0.1, 0.15) is 5.82 Å². The second-order valence-electron chi connectivity index (χ2n) is 4.61. The van der Waals surface area contributed by atoms with E-state index in [2.05, 4.69) is 5.32 Å². The van der Waals surface area contributed by atoms with E-state index in [1.807, 2.05) is 6.92 Å². The average molecular weight is 303 g/mol. The number of carbonyl (C=O) groups excluding carboxylic acids is 1. The Morgan fingerprint density at radius 2 is 2.00 bits per heavy atom. The minimum atomic E-state index is -0.324. The van der Waals surface area contributed by atoms with Gasteiger partial charge in [-0.2, -0.15) is 0 Å². The summed E-state index contributed by atoms with van der Waals surface area (Å²) in [6.07, 6.45) is 0. The number of carbonyl (C=O) groups is 1. The van der Waals surface area contributed by atoms with Gasteiger partial charge in [-0.15, -0.1) is 0 Å². The predicted molar refractivity (Wildman–Crippen MR) is 81.7 cm³/mol. The molecule has 0 saturated carbocycles. The van der Waals surface area contributed by atoms with Gasteiger partial charge < -0.3 is 14.8 Å². The zero-order valence-electron chi connectivity index (χ0n) is 12.6. The van der Waals surface area contributed by atoms with Crippen LogP contribution in [0.5, 0.6) is 11.5 Å². The van der Waals surface area contributed by atoms with Crippen molar-refractivity contribution in [3.05, 3.63) is 59.4 Å². The molecule has 116 valence electrons. The molecule has 0 aliphatic rings. The molecule has 0 aliphatic heterocycles. The zero-order valence-corrected chi connectivity index (χ0v) is 12.6. The molecule has 0 atom stereocenters. The second kappa shape index (κ2) is 7.45. The molecule has 0 bridgehead atoms. The quantitative estimate of drug-likeness (QED) is 0.891. The highest BCUT2D eigenvalue weighted by Crippen LogP contribution is 2.28. The summed E-state index contributed by atoms with van der Waals surface area (Å²) in [5, 5.41) is 2.75. The molecule has 2 aromatic carbocycles. The summed E-state index contributed by atoms with van der Waals surface area (Å²) in [5.74, 6) is 0.509. The Bertz CT molecular complexity index is 658. The van der Waals surface area contributed by atoms with Crippen molar-refractivity contribution >= 4 is 5.91 Å². The van der Waals surface area contributed by atoms with Gasteiger partial charge in [0.15, 0.2) is 11.5 Å². The van der Waals surface area contributed by atoms with E-state index in [-0.39, 0.29) is 18.3 Å². The number of amides is 1. The summed E-state index contributed by atoms with van der Waals surface area (Å²) in [6.45, 7) is 2.59. The van der Waals surface area contributed by atoms with E-state index >= 15 is 0 Å². The van der Waals surface area contributed by atoms with Crippen LogP contribution in [0.4, 0.5) is 4.39 Å². The lowest BCUT2D eigenvalue weighted by Crippen LogP contribution is -2.22. The van der Waals surface area contributed by atoms with Crippen LogP contribution in [0.2, 0.25) is 0 Å². The molecule has 0 heterocycles. The molecule has 5 heteroatoms. The minimum absolute atomic E-state index is 0.257. The van der Waals surface area contributed by atoms with Gasteiger partial charge in [0, 0.05) is 12.1 Å². The van der Waals surface area contributed by atoms with Crippen molar-refractivity contribution in [1.82, 2.24) is 5.32 Å². The van der Waals surface area contributed by atoms with Crippen molar-refractivity contribution in [3.8, 4) is 11.5 Å². The summed E-state index contributed by atoms with van der Waals surface area (Å²) in [4.78, 5) is 12.2. The predicted octanol–water partition coefficient (Wildman–Crippen LogP) is 3.16. The number of methoxy groups -OCH3 is 1. The van der Waals surface area contributed by atoms with E-state index in [1.165, 1.54) is 12.1 Å². The first-order chi connectivity index (χ1) is 10.6. The molecule has 1 amide bonds. The van der Waals surface area contributed by atoms with E-state index in [4.69, 9.17) is 9.47 Å². The van der Waals surface area contributed by atoms with Gasteiger partial charge in [-0.05, 0) is 42.8 Å². The first kappa shape index (κ1) is 15.8. The number of benzene rings is 2. The molecule has 4 nitrogen and oxygen atoms in total. The first-order valence-electron chi connectivity index (χ1n) is 6.97. The maximum absolute atomic E-state index is 13.1. The Balaban J connectivity index is 2.07. The fraction of sp³-hybridized carbons (Fsp3) is 0.235. The van der Waals surface area contributed by atoms with Crippen molar-refractivity contribution in [2.75, 3.05) is 13.7 Å². The van der Waals surface area contributed by atoms with E-state index in [1.54, 1.807) is 37.4 Å². The van der Waals surface area contributed by atoms with Gasteiger partial charge in [0.25, 0.3) is 5.91 Å². The molecular weight excluding hydrogens is 285 g/mol. The number of rotatable bonds is 6. The van der Waals surface area contributed by atoms with Crippen LogP contribution in [0.3, 0.4) is 0 Å². The number of hydrogen-bond acceptors (Lipinski definition) is 3. The molecule has 0 aromatic heterocycles. The van der Waals surface area contributed by atoms with Gasteiger partial charge in [0.2, 0.25) is 0 Å². The standard InChI is InChI=1S/C17H18FNO3/c1-3-22-16-10-13(7-8-15(16)21-2)17(20)19-11-12-5-4-6-14(18)9-12/h4-10H,3,11H2,1-2H3,(H,19,20). The lowest BCUT2D eigenvalue weighted by molar-refractivity contribution is 0.0950. The van der Waals surface area contributed by atoms with Crippen LogP contribution in [0.1, 0.15) is 22.8 Å². The normalized spacial score (nSPS) is 10.1. The van der Waals surface area contributed by atoms with Gasteiger partial charge in [0.05, 0.1) is 13.7 Å². The van der Waals surface area contributed by atoms with Crippen LogP contribution < -0.4 is 14.8 Å². The molecule has 0 saturated heterocycles. The highest BCUT2D eigenvalue weighted by atomic mass is 19.1. The average Bonchev–Trinajstić information content (AvgIpc) is 2.53. The number of nitrogens with one attached hydrogen (secondary N) is 1. The van der Waals surface area contributed by atoms with Crippen LogP contribution in [-0.4, -0.2) is 19.6 Å². The van der Waals surface area contributed by atoms with Crippen LogP contribution in [-0.2, 0) is 6.54 Å². The first-order valence-corrected chi connectivity index (χ1v) is 6.97. The summed E-state index contributed by atoms with van der Waals surface area (Å²) >= 11 is 0. The van der Waals surface area contributed by atoms with Crippen LogP contribution in [0.15, 0.2) is 42.5 Å². The van der Waals surface area contributed by atoms with Crippen LogP contribution >= 0.6 is 0 Å². The van der Waals surface area contributed by atoms with Gasteiger partial charge in [-0.1, -0.05) is 12.1 Å². The second-order valence-corrected chi connectivity index (χ2v) is 4.61. The highest BCUT2D eigenvalue weighted by Gasteiger charge is 2.11. The number of halogens is 1. The molecule has 22 heavy (non-hydrogen) atoms. The molecule has 0 spiro atoms. The summed E-state index contributed by atoms with van der Waals surface area (Å²) < 4.78 is 23.7. The largest absolute Gasteiger partial charge is 0.493 e. The van der Waals surface area contributed by atoms with E-state index < -0.39 is 0 Å². The Hall–Kier alpha value is -2.56. The number of hydrogen-bond donors (Lipinski definition) is 1. The molecule has 1 N–H and O–H groups in total. The van der Waals surface area contributed by atoms with Gasteiger partial charge >= 0.3 is 0 Å². The fourth-order valence-corrected chi connectivity index (χ4v) is 2.02. The third-order valence-electron chi connectivity index (χ3n) is 3.07. The zero-order chi connectivity index (χ0) is 15.9. The molecule has 0 aliphatic carbocycles. The Morgan fingerprint density at radius 1 is 1.18 bits per heavy atom. The summed E-state index contributed by atoms with van der Waals surface area (Å²) in [7, 11) is 1.54. The fourth-order valence-electron chi connectivity index (χ4n) is 2.02. The number of ether oxygens (including phenoxy) is 2. The Kier molecular flexibility index (Phi) is 5.36. The minimum Gasteiger partial charge on any atom is -0.493 e. The van der Waals surface area contributed by atoms with Crippen molar-refractivity contribution in [1.29, 1.82) is 0 Å². The molecule has 0 fully saturated rings. The molecule has 0 unspecified atom stereocenters. The molecule has 0 radical (unpaired) electrons. The van der Waals surface area contributed by atoms with Crippen LogP contribution in [0.25, 0.3) is 0 Å². The molecular formula is C17H18FNO3. The van der Waals surface area contributed by atoms with E-state index in [0.29, 0.717) is 29.2 Å². The highest BCUT2D eigenvalue weighted by molar-refractivity contribution is 5.94. The van der Waals surface area contributed by atoms with Crippen LogP contribution in [0, 0.1) is 5.82 Å². The summed E-state index contributed by atoms with van der Waals surface area (Å²) in [5.41, 5.74) is 1.16. The van der Waals surface area contributed by atoms with Crippen molar-refractivity contribution < 1.29 is 18.7 Å². The van der Waals surface area contributed by atoms with E-state index in [0.717, 1.165) is 0 Å². The van der Waals surface area contributed by atoms with Gasteiger partial charge in [-0.25, -0.2) is 4.39 Å². The van der Waals surface area contributed by atoms with E-state index in [9.17, 15) is 9.18 Å². The van der Waals surface area contributed by atoms with Crippen molar-refractivity contribution in [2.24, 2.45) is 0 Å². The van der Waals surface area contributed by atoms with Crippen molar-refractivity contribution in [3.63, 3.8) is 0 Å². The maximum Gasteiger partial charge on any atom is 0.251 e. The monoisotopic (exact) mass is 303 g/mol. The SMILES string of the molecule is CCOc1cc(C(=O)NCc2cccc(F)c2)ccc1OC. The topological polar surface area (TPSA) is 47.6 Å². The third kappa shape index (κ3) is 3.97. The Morgan fingerprint density at radius 3 is 2.68 bits per heavy atom.